The van der Waals surface area contributed by atoms with E-state index in [0.29, 0.717) is 24.2 Å². The van der Waals surface area contributed by atoms with E-state index >= 15 is 0 Å². The van der Waals surface area contributed by atoms with Crippen LogP contribution in [-0.4, -0.2) is 70.6 Å². The number of hydrogen-bond acceptors (Lipinski definition) is 5. The summed E-state index contributed by atoms with van der Waals surface area (Å²) < 4.78 is 20.2. The van der Waals surface area contributed by atoms with Gasteiger partial charge in [-0.3, -0.25) is 9.59 Å². The summed E-state index contributed by atoms with van der Waals surface area (Å²) in [5.74, 6) is -0.405. The first-order chi connectivity index (χ1) is 17.3. The van der Waals surface area contributed by atoms with Crippen LogP contribution in [0.2, 0.25) is 0 Å². The minimum Gasteiger partial charge on any atom is -0.472 e. The van der Waals surface area contributed by atoms with Crippen molar-refractivity contribution in [2.45, 2.75) is 58.1 Å². The quantitative estimate of drug-likeness (QED) is 0.649. The van der Waals surface area contributed by atoms with Crippen LogP contribution in [0.1, 0.15) is 56.3 Å². The third kappa shape index (κ3) is 5.69. The van der Waals surface area contributed by atoms with E-state index in [0.717, 1.165) is 25.7 Å². The molecular formula is C28H36FN3O4. The number of ether oxygens (including phenoxy) is 1. The maximum absolute atomic E-state index is 13.8. The zero-order valence-corrected chi connectivity index (χ0v) is 21.3. The average Bonchev–Trinajstić information content (AvgIpc) is 2.90. The van der Waals surface area contributed by atoms with Crippen molar-refractivity contribution >= 4 is 11.8 Å². The number of aliphatic hydroxyl groups is 1. The number of carbonyl (C=O) groups is 2. The van der Waals surface area contributed by atoms with Gasteiger partial charge in [0.2, 0.25) is 11.8 Å². The molecule has 3 atom stereocenters. The number of carbonyl (C=O) groups excluding carboxylic acids is 2. The first kappa shape index (κ1) is 26.1. The number of pyridine rings is 1. The molecule has 0 bridgehead atoms. The second-order valence-electron chi connectivity index (χ2n) is 10.3. The number of rotatable bonds is 6. The molecule has 1 aromatic heterocycles. The van der Waals surface area contributed by atoms with Crippen LogP contribution in [0.25, 0.3) is 11.1 Å². The molecule has 2 heterocycles. The van der Waals surface area contributed by atoms with Crippen molar-refractivity contribution < 1.29 is 23.8 Å². The predicted molar refractivity (Wildman–Crippen MR) is 135 cm³/mol. The standard InChI is InChI=1S/C28H36FN3O4/c1-18-15-32(19(2)17-33)28(35)24-13-22(21-10-7-11-23(29)12-21)14-30-26(24)36-25(18)16-31(3)27(34)20-8-5-4-6-9-20/h7,10-14,18-20,25,33H,4-6,8-9,15-17H2,1-3H3/t18-,19-,25+/m0/s1. The average molecular weight is 498 g/mol. The van der Waals surface area contributed by atoms with Gasteiger partial charge in [-0.1, -0.05) is 38.3 Å². The molecule has 0 radical (unpaired) electrons. The Morgan fingerprint density at radius 2 is 2.00 bits per heavy atom. The molecule has 36 heavy (non-hydrogen) atoms. The van der Waals surface area contributed by atoms with E-state index < -0.39 is 12.1 Å². The lowest BCUT2D eigenvalue weighted by molar-refractivity contribution is -0.136. The second kappa shape index (κ2) is 11.4. The largest absolute Gasteiger partial charge is 0.472 e. The maximum atomic E-state index is 13.8. The highest BCUT2D eigenvalue weighted by Crippen LogP contribution is 2.31. The van der Waals surface area contributed by atoms with E-state index in [2.05, 4.69) is 4.98 Å². The Bertz CT molecular complexity index is 1090. The number of hydrogen-bond donors (Lipinski definition) is 1. The van der Waals surface area contributed by atoms with Crippen molar-refractivity contribution in [3.05, 3.63) is 47.9 Å². The normalized spacial score (nSPS) is 21.7. The minimum absolute atomic E-state index is 0.0549. The molecule has 8 heteroatoms. The topological polar surface area (TPSA) is 83.0 Å². The number of nitrogens with zero attached hydrogens (tertiary/aromatic N) is 3. The molecule has 7 nitrogen and oxygen atoms in total. The number of halogens is 1. The van der Waals surface area contributed by atoms with Gasteiger partial charge >= 0.3 is 0 Å². The summed E-state index contributed by atoms with van der Waals surface area (Å²) >= 11 is 0. The molecule has 1 aromatic carbocycles. The van der Waals surface area contributed by atoms with E-state index in [1.165, 1.54) is 18.6 Å². The highest BCUT2D eigenvalue weighted by molar-refractivity contribution is 5.98. The van der Waals surface area contributed by atoms with Crippen molar-refractivity contribution in [2.75, 3.05) is 26.7 Å². The van der Waals surface area contributed by atoms with E-state index in [1.54, 1.807) is 41.1 Å². The zero-order chi connectivity index (χ0) is 25.8. The van der Waals surface area contributed by atoms with Crippen LogP contribution in [0.3, 0.4) is 0 Å². The first-order valence-electron chi connectivity index (χ1n) is 12.9. The van der Waals surface area contributed by atoms with E-state index in [-0.39, 0.29) is 47.5 Å². The summed E-state index contributed by atoms with van der Waals surface area (Å²) in [4.78, 5) is 34.5. The number of amides is 2. The first-order valence-corrected chi connectivity index (χ1v) is 12.9. The van der Waals surface area contributed by atoms with Crippen molar-refractivity contribution in [3.63, 3.8) is 0 Å². The fraction of sp³-hybridized carbons (Fsp3) is 0.536. The smallest absolute Gasteiger partial charge is 0.259 e. The molecule has 1 aliphatic heterocycles. The van der Waals surface area contributed by atoms with Gasteiger partial charge in [0.25, 0.3) is 5.91 Å². The molecule has 194 valence electrons. The maximum Gasteiger partial charge on any atom is 0.259 e. The fourth-order valence-electron chi connectivity index (χ4n) is 5.17. The summed E-state index contributed by atoms with van der Waals surface area (Å²) in [5.41, 5.74) is 1.46. The number of aromatic nitrogens is 1. The fourth-order valence-corrected chi connectivity index (χ4v) is 5.17. The summed E-state index contributed by atoms with van der Waals surface area (Å²) in [6.45, 7) is 4.33. The van der Waals surface area contributed by atoms with Crippen molar-refractivity contribution in [2.24, 2.45) is 11.8 Å². The molecule has 1 saturated carbocycles. The molecule has 1 N–H and O–H groups in total. The Morgan fingerprint density at radius 1 is 1.25 bits per heavy atom. The van der Waals surface area contributed by atoms with Gasteiger partial charge in [0, 0.05) is 37.2 Å². The highest BCUT2D eigenvalue weighted by atomic mass is 19.1. The molecular weight excluding hydrogens is 461 g/mol. The second-order valence-corrected chi connectivity index (χ2v) is 10.3. The molecule has 0 unspecified atom stereocenters. The van der Waals surface area contributed by atoms with Gasteiger partial charge < -0.3 is 19.6 Å². The molecule has 2 amide bonds. The number of benzene rings is 1. The third-order valence-electron chi connectivity index (χ3n) is 7.46. The molecule has 1 fully saturated rings. The SMILES string of the molecule is C[C@H]1CN([C@@H](C)CO)C(=O)c2cc(-c3cccc(F)c3)cnc2O[C@@H]1CN(C)C(=O)C1CCCCC1. The van der Waals surface area contributed by atoms with Crippen LogP contribution in [0.15, 0.2) is 36.5 Å². The van der Waals surface area contributed by atoms with Gasteiger partial charge in [-0.05, 0) is 43.5 Å². The van der Waals surface area contributed by atoms with Gasteiger partial charge in [-0.15, -0.1) is 0 Å². The van der Waals surface area contributed by atoms with Crippen LogP contribution < -0.4 is 4.74 Å². The number of likely N-dealkylation sites (N-methyl/N-ethyl adjacent to an activating group) is 1. The third-order valence-corrected chi connectivity index (χ3v) is 7.46. The van der Waals surface area contributed by atoms with Crippen LogP contribution in [0.5, 0.6) is 5.88 Å². The monoisotopic (exact) mass is 497 g/mol. The predicted octanol–water partition coefficient (Wildman–Crippen LogP) is 4.15. The lowest BCUT2D eigenvalue weighted by atomic mass is 9.88. The van der Waals surface area contributed by atoms with Gasteiger partial charge in [0.15, 0.2) is 0 Å². The lowest BCUT2D eigenvalue weighted by Crippen LogP contribution is -2.51. The Balaban J connectivity index is 1.65. The minimum atomic E-state index is -0.411. The van der Waals surface area contributed by atoms with E-state index in [9.17, 15) is 19.1 Å². The van der Waals surface area contributed by atoms with Crippen LogP contribution in [0, 0.1) is 17.7 Å². The zero-order valence-electron chi connectivity index (χ0n) is 21.3. The van der Waals surface area contributed by atoms with Gasteiger partial charge in [0.05, 0.1) is 19.2 Å². The van der Waals surface area contributed by atoms with Gasteiger partial charge in [-0.25, -0.2) is 9.37 Å². The Labute approximate surface area is 212 Å². The summed E-state index contributed by atoms with van der Waals surface area (Å²) in [6, 6.07) is 7.37. The molecule has 2 aromatic rings. The molecule has 2 aliphatic rings. The van der Waals surface area contributed by atoms with Crippen molar-refractivity contribution in [1.82, 2.24) is 14.8 Å². The van der Waals surface area contributed by atoms with Gasteiger partial charge in [0.1, 0.15) is 17.5 Å². The van der Waals surface area contributed by atoms with Gasteiger partial charge in [-0.2, -0.15) is 0 Å². The number of aliphatic hydroxyl groups excluding tert-OH is 1. The Kier molecular flexibility index (Phi) is 8.24. The highest BCUT2D eigenvalue weighted by Gasteiger charge is 2.35. The van der Waals surface area contributed by atoms with E-state index in [1.807, 2.05) is 14.0 Å². The summed E-state index contributed by atoms with van der Waals surface area (Å²) in [7, 11) is 1.81. The lowest BCUT2D eigenvalue weighted by Gasteiger charge is -2.38. The van der Waals surface area contributed by atoms with Crippen LogP contribution in [0.4, 0.5) is 4.39 Å². The summed E-state index contributed by atoms with van der Waals surface area (Å²) in [6.07, 6.45) is 6.38. The molecule has 0 spiro atoms. The number of fused-ring (bicyclic) bond motifs is 1. The Hall–Kier alpha value is -3.00. The Morgan fingerprint density at radius 3 is 2.69 bits per heavy atom. The molecule has 1 aliphatic carbocycles. The van der Waals surface area contributed by atoms with Crippen LogP contribution >= 0.6 is 0 Å². The van der Waals surface area contributed by atoms with Crippen molar-refractivity contribution in [3.8, 4) is 17.0 Å². The molecule has 0 saturated heterocycles. The van der Waals surface area contributed by atoms with E-state index in [4.69, 9.17) is 4.74 Å². The molecule has 4 rings (SSSR count). The van der Waals surface area contributed by atoms with Crippen LogP contribution in [-0.2, 0) is 4.79 Å². The summed E-state index contributed by atoms with van der Waals surface area (Å²) in [5, 5.41) is 9.86. The van der Waals surface area contributed by atoms with Crippen molar-refractivity contribution in [1.29, 1.82) is 0 Å².